The molecule has 0 rings (SSSR count). The Bertz CT molecular complexity index is 8.00. The van der Waals surface area contributed by atoms with E-state index in [-0.39, 0.29) is 17.6 Å². The minimum atomic E-state index is 0. The Labute approximate surface area is 65.5 Å². The van der Waals surface area contributed by atoms with Crippen LogP contribution in [0.3, 0.4) is 0 Å². The van der Waals surface area contributed by atoms with Crippen LogP contribution in [0.25, 0.3) is 0 Å². The van der Waals surface area contributed by atoms with Crippen molar-refractivity contribution in [2.24, 2.45) is 0 Å². The van der Waals surface area contributed by atoms with Crippen LogP contribution < -0.4 is 0 Å². The Morgan fingerprint density at radius 2 is 1.75 bits per heavy atom. The fraction of sp³-hybridized carbons (Fsp3) is 0. The van der Waals surface area contributed by atoms with Crippen molar-refractivity contribution in [3.05, 3.63) is 0 Å². The van der Waals surface area contributed by atoms with E-state index in [2.05, 4.69) is 0 Å². The molecule has 0 radical (unpaired) electrons. The van der Waals surface area contributed by atoms with Crippen LogP contribution in [0.5, 0.6) is 0 Å². The summed E-state index contributed by atoms with van der Waals surface area (Å²) in [5.74, 6) is 0. The number of rotatable bonds is 0. The molecule has 0 aromatic carbocycles. The fourth-order valence-corrected chi connectivity index (χ4v) is 0. The quantitative estimate of drug-likeness (QED) is 0.388. The van der Waals surface area contributed by atoms with E-state index >= 15 is 0 Å². The number of hydrogen-bond donors (Lipinski definition) is 0. The summed E-state index contributed by atoms with van der Waals surface area (Å²) in [5.41, 5.74) is 0. The summed E-state index contributed by atoms with van der Waals surface area (Å²) < 4.78 is 0. The SMILES string of the molecule is [GeH4].[SbH2][Co][TeH]. The molecule has 0 aromatic rings. The third-order valence-corrected chi connectivity index (χ3v) is 0. The van der Waals surface area contributed by atoms with Gasteiger partial charge in [0.25, 0.3) is 0 Å². The number of hydrogen-bond acceptors (Lipinski definition) is 0. The Morgan fingerprint density at radius 3 is 1.75 bits per heavy atom. The first kappa shape index (κ1) is 9.82. The van der Waals surface area contributed by atoms with Gasteiger partial charge in [-0.2, -0.15) is 0 Å². The molecular formula is H7CoGeSbTe. The second-order valence-electron chi connectivity index (χ2n) is 0.0861. The molecule has 0 heterocycles. The Morgan fingerprint density at radius 1 is 1.75 bits per heavy atom. The van der Waals surface area contributed by atoms with E-state index in [9.17, 15) is 0 Å². The molecule has 0 aliphatic heterocycles. The van der Waals surface area contributed by atoms with Crippen molar-refractivity contribution in [2.45, 2.75) is 0 Å². The van der Waals surface area contributed by atoms with Crippen LogP contribution in [0.2, 0.25) is 0 Å². The fourth-order valence-electron chi connectivity index (χ4n) is 0. The van der Waals surface area contributed by atoms with Gasteiger partial charge in [0.15, 0.2) is 0 Å². The van der Waals surface area contributed by atoms with Crippen LogP contribution in [-0.2, 0) is 8.23 Å². The monoisotopic (exact) mass is 391 g/mol. The van der Waals surface area contributed by atoms with Crippen LogP contribution in [0.15, 0.2) is 0 Å². The van der Waals surface area contributed by atoms with Gasteiger partial charge in [-0.25, -0.2) is 0 Å². The standard InChI is InChI=1S/Co.GeH4.Sb.H2Te.2H/h;1H4;;1H2;;/q+1;;;;;/p-1. The third kappa shape index (κ3) is 8.82. The third-order valence-electron chi connectivity index (χ3n) is 0. The van der Waals surface area contributed by atoms with E-state index in [0.717, 1.165) is 0 Å². The van der Waals surface area contributed by atoms with Crippen molar-refractivity contribution in [3.63, 3.8) is 0 Å². The summed E-state index contributed by atoms with van der Waals surface area (Å²) in [4.78, 5) is 0. The maximum absolute atomic E-state index is 1.88. The normalized spacial score (nSPS) is 5.50. The summed E-state index contributed by atoms with van der Waals surface area (Å²) in [6, 6.07) is 0. The summed E-state index contributed by atoms with van der Waals surface area (Å²) in [6.07, 6.45) is 0. The summed E-state index contributed by atoms with van der Waals surface area (Å²) in [7, 11) is 1.62. The molecule has 0 fully saturated rings. The van der Waals surface area contributed by atoms with E-state index in [1.165, 1.54) is 20.8 Å². The van der Waals surface area contributed by atoms with Crippen molar-refractivity contribution in [1.82, 2.24) is 0 Å². The van der Waals surface area contributed by atoms with Crippen LogP contribution >= 0.6 is 0 Å². The first-order valence-electron chi connectivity index (χ1n) is 0.342. The van der Waals surface area contributed by atoms with Gasteiger partial charge in [-0.15, -0.1) is 0 Å². The molecule has 0 N–H and O–H groups in total. The van der Waals surface area contributed by atoms with Crippen LogP contribution in [0, 0.1) is 0 Å². The molecule has 31 valence electrons. The molecule has 0 unspecified atom stereocenters. The molecule has 0 saturated heterocycles. The average molecular weight is 388 g/mol. The van der Waals surface area contributed by atoms with Crippen molar-refractivity contribution < 1.29 is 8.23 Å². The first-order chi connectivity index (χ1) is 1.41. The van der Waals surface area contributed by atoms with Crippen molar-refractivity contribution >= 4 is 58.6 Å². The van der Waals surface area contributed by atoms with E-state index in [1.807, 2.05) is 20.1 Å². The van der Waals surface area contributed by atoms with Crippen molar-refractivity contribution in [1.29, 1.82) is 0 Å². The van der Waals surface area contributed by atoms with Gasteiger partial charge in [-0.1, -0.05) is 0 Å². The Hall–Kier alpha value is 2.66. The van der Waals surface area contributed by atoms with Gasteiger partial charge in [0.05, 0.1) is 0 Å². The molecular weight excluding hydrogens is 381 g/mol. The van der Waals surface area contributed by atoms with E-state index in [0.29, 0.717) is 0 Å². The molecule has 0 nitrogen and oxygen atoms in total. The molecule has 0 aromatic heterocycles. The van der Waals surface area contributed by atoms with E-state index in [1.54, 1.807) is 8.23 Å². The molecule has 0 aliphatic rings. The second-order valence-corrected chi connectivity index (χ2v) is 16.0. The van der Waals surface area contributed by atoms with Crippen molar-refractivity contribution in [2.75, 3.05) is 0 Å². The summed E-state index contributed by atoms with van der Waals surface area (Å²) in [6.45, 7) is 0. The molecule has 0 bridgehead atoms. The maximum atomic E-state index is 1.88. The van der Waals surface area contributed by atoms with Crippen LogP contribution in [-0.4, -0.2) is 58.6 Å². The zero-order valence-corrected chi connectivity index (χ0v) is 8.25. The van der Waals surface area contributed by atoms with E-state index < -0.39 is 0 Å². The molecule has 4 heavy (non-hydrogen) atoms. The van der Waals surface area contributed by atoms with Gasteiger partial charge >= 0.3 is 66.8 Å². The second kappa shape index (κ2) is 9.17. The summed E-state index contributed by atoms with van der Waals surface area (Å²) in [5, 5.41) is 0. The van der Waals surface area contributed by atoms with Gasteiger partial charge < -0.3 is 0 Å². The van der Waals surface area contributed by atoms with Gasteiger partial charge in [0, 0.05) is 0 Å². The molecule has 0 aliphatic carbocycles. The predicted molar refractivity (Wildman–Crippen MR) is 27.0 cm³/mol. The van der Waals surface area contributed by atoms with Gasteiger partial charge in [0.2, 0.25) is 0 Å². The zero-order valence-electron chi connectivity index (χ0n) is 1.36. The predicted octanol–water partition coefficient (Wildman–Crippen LogP) is -3.02. The molecule has 4 heteroatoms. The minimum absolute atomic E-state index is 0. The Kier molecular flexibility index (Phi) is 22.5. The Balaban J connectivity index is 0. The van der Waals surface area contributed by atoms with Crippen molar-refractivity contribution in [3.8, 4) is 0 Å². The van der Waals surface area contributed by atoms with Crippen LogP contribution in [0.1, 0.15) is 0 Å². The molecule has 0 amide bonds. The van der Waals surface area contributed by atoms with Crippen LogP contribution in [0.4, 0.5) is 0 Å². The van der Waals surface area contributed by atoms with Gasteiger partial charge in [-0.3, -0.25) is 0 Å². The van der Waals surface area contributed by atoms with Gasteiger partial charge in [-0.05, 0) is 0 Å². The molecule has 0 spiro atoms. The molecule has 0 atom stereocenters. The van der Waals surface area contributed by atoms with Gasteiger partial charge in [0.1, 0.15) is 0 Å². The zero-order chi connectivity index (χ0) is 2.71. The van der Waals surface area contributed by atoms with E-state index in [4.69, 9.17) is 0 Å². The topological polar surface area (TPSA) is 0 Å². The summed E-state index contributed by atoms with van der Waals surface area (Å²) >= 11 is 3.29. The first-order valence-corrected chi connectivity index (χ1v) is 9.45. The average Bonchev–Trinajstić information content (AvgIpc) is 0.918. The molecule has 0 saturated carbocycles.